The maximum atomic E-state index is 12.3. The fraction of sp³-hybridized carbons (Fsp3) is 0.133. The predicted molar refractivity (Wildman–Crippen MR) is 89.4 cm³/mol. The molecule has 2 rings (SSSR count). The van der Waals surface area contributed by atoms with Gasteiger partial charge in [-0.3, -0.25) is 4.79 Å². The highest BCUT2D eigenvalue weighted by molar-refractivity contribution is 9.10. The second-order valence-electron chi connectivity index (χ2n) is 4.94. The molecule has 2 aromatic rings. The van der Waals surface area contributed by atoms with Crippen molar-refractivity contribution in [3.05, 3.63) is 57.6 Å². The number of aryl methyl sites for hydroxylation is 2. The van der Waals surface area contributed by atoms with E-state index in [1.54, 1.807) is 6.07 Å². The molecule has 0 heterocycles. The van der Waals surface area contributed by atoms with E-state index in [1.807, 2.05) is 26.0 Å². The van der Waals surface area contributed by atoms with Gasteiger partial charge < -0.3 is 5.32 Å². The highest BCUT2D eigenvalue weighted by Crippen LogP contribution is 2.22. The molecule has 0 atom stereocenters. The Labute approximate surface area is 137 Å². The van der Waals surface area contributed by atoms with Gasteiger partial charge >= 0.3 is 0 Å². The Bertz CT molecular complexity index is 848. The van der Waals surface area contributed by atoms with Crippen LogP contribution in [0, 0.1) is 13.8 Å². The molecule has 116 valence electrons. The molecule has 5 nitrogen and oxygen atoms in total. The van der Waals surface area contributed by atoms with E-state index in [4.69, 9.17) is 5.14 Å². The van der Waals surface area contributed by atoms with Gasteiger partial charge in [-0.05, 0) is 71.2 Å². The fourth-order valence-electron chi connectivity index (χ4n) is 1.87. The van der Waals surface area contributed by atoms with E-state index in [1.165, 1.54) is 18.2 Å². The van der Waals surface area contributed by atoms with Crippen LogP contribution in [0.5, 0.6) is 0 Å². The van der Waals surface area contributed by atoms with Gasteiger partial charge in [0.15, 0.2) is 0 Å². The lowest BCUT2D eigenvalue weighted by Crippen LogP contribution is -2.16. The first-order valence-electron chi connectivity index (χ1n) is 6.39. The van der Waals surface area contributed by atoms with E-state index >= 15 is 0 Å². The summed E-state index contributed by atoms with van der Waals surface area (Å²) in [6, 6.07) is 9.61. The van der Waals surface area contributed by atoms with E-state index in [2.05, 4.69) is 21.2 Å². The largest absolute Gasteiger partial charge is 0.322 e. The van der Waals surface area contributed by atoms with Crippen LogP contribution in [0.25, 0.3) is 0 Å². The fourth-order valence-corrected chi connectivity index (χ4v) is 2.84. The zero-order chi connectivity index (χ0) is 16.5. The number of nitrogens with two attached hydrogens (primary N) is 1. The molecule has 22 heavy (non-hydrogen) atoms. The summed E-state index contributed by atoms with van der Waals surface area (Å²) in [7, 11) is -3.86. The molecule has 0 bridgehead atoms. The average molecular weight is 383 g/mol. The Morgan fingerprint density at radius 1 is 1.09 bits per heavy atom. The van der Waals surface area contributed by atoms with Crippen LogP contribution >= 0.6 is 15.9 Å². The van der Waals surface area contributed by atoms with Crippen LogP contribution < -0.4 is 10.5 Å². The smallest absolute Gasteiger partial charge is 0.256 e. The summed E-state index contributed by atoms with van der Waals surface area (Å²) in [5, 5.41) is 7.83. The highest BCUT2D eigenvalue weighted by atomic mass is 79.9. The van der Waals surface area contributed by atoms with Crippen LogP contribution in [0.1, 0.15) is 21.5 Å². The van der Waals surface area contributed by atoms with Crippen molar-refractivity contribution in [3.8, 4) is 0 Å². The Kier molecular flexibility index (Phi) is 4.69. The van der Waals surface area contributed by atoms with Crippen molar-refractivity contribution >= 4 is 37.5 Å². The van der Waals surface area contributed by atoms with E-state index in [0.717, 1.165) is 11.1 Å². The third-order valence-corrected chi connectivity index (χ3v) is 4.88. The summed E-state index contributed by atoms with van der Waals surface area (Å²) in [5.74, 6) is -0.416. The first-order valence-corrected chi connectivity index (χ1v) is 8.73. The molecular weight excluding hydrogens is 368 g/mol. The van der Waals surface area contributed by atoms with Crippen molar-refractivity contribution in [2.75, 3.05) is 5.32 Å². The molecule has 2 aromatic carbocycles. The van der Waals surface area contributed by atoms with Crippen molar-refractivity contribution in [2.24, 2.45) is 5.14 Å². The van der Waals surface area contributed by atoms with Crippen molar-refractivity contribution in [2.45, 2.75) is 18.7 Å². The highest BCUT2D eigenvalue weighted by Gasteiger charge is 2.16. The summed E-state index contributed by atoms with van der Waals surface area (Å²) >= 11 is 3.24. The third-order valence-electron chi connectivity index (χ3n) is 3.28. The Morgan fingerprint density at radius 3 is 2.36 bits per heavy atom. The summed E-state index contributed by atoms with van der Waals surface area (Å²) in [5.41, 5.74) is 3.01. The van der Waals surface area contributed by atoms with Crippen molar-refractivity contribution in [1.82, 2.24) is 0 Å². The van der Waals surface area contributed by atoms with E-state index in [-0.39, 0.29) is 10.5 Å². The SMILES string of the molecule is Cc1ccc(NC(=O)c2cc(S(N)(=O)=O)ccc2Br)cc1C. The molecule has 0 radical (unpaired) electrons. The van der Waals surface area contributed by atoms with Crippen molar-refractivity contribution < 1.29 is 13.2 Å². The number of sulfonamides is 1. The first kappa shape index (κ1) is 16.7. The molecule has 0 saturated carbocycles. The number of nitrogens with one attached hydrogen (secondary N) is 1. The summed E-state index contributed by atoms with van der Waals surface area (Å²) in [6.45, 7) is 3.93. The molecule has 1 amide bonds. The topological polar surface area (TPSA) is 89.3 Å². The molecule has 0 aliphatic carbocycles. The molecule has 0 aromatic heterocycles. The monoisotopic (exact) mass is 382 g/mol. The quantitative estimate of drug-likeness (QED) is 0.854. The summed E-state index contributed by atoms with van der Waals surface area (Å²) in [4.78, 5) is 12.2. The number of anilines is 1. The standard InChI is InChI=1S/C15H15BrN2O3S/c1-9-3-4-11(7-10(9)2)18-15(19)13-8-12(22(17,20)21)5-6-14(13)16/h3-8H,1-2H3,(H,18,19)(H2,17,20,21). The normalized spacial score (nSPS) is 11.3. The molecule has 0 aliphatic rings. The first-order chi connectivity index (χ1) is 10.2. The molecule has 0 fully saturated rings. The van der Waals surface area contributed by atoms with Crippen LogP contribution in [0.4, 0.5) is 5.69 Å². The van der Waals surface area contributed by atoms with Crippen LogP contribution in [-0.4, -0.2) is 14.3 Å². The van der Waals surface area contributed by atoms with Gasteiger partial charge in [0.05, 0.1) is 10.5 Å². The Morgan fingerprint density at radius 2 is 1.77 bits per heavy atom. The summed E-state index contributed by atoms with van der Waals surface area (Å²) < 4.78 is 23.3. The predicted octanol–water partition coefficient (Wildman–Crippen LogP) is 2.97. The number of hydrogen-bond donors (Lipinski definition) is 2. The molecule has 7 heteroatoms. The second-order valence-corrected chi connectivity index (χ2v) is 7.36. The number of halogens is 1. The van der Waals surface area contributed by atoms with E-state index < -0.39 is 15.9 Å². The van der Waals surface area contributed by atoms with Gasteiger partial charge in [-0.15, -0.1) is 0 Å². The minimum atomic E-state index is -3.86. The molecule has 0 aliphatic heterocycles. The van der Waals surface area contributed by atoms with Crippen molar-refractivity contribution in [1.29, 1.82) is 0 Å². The molecule has 0 saturated heterocycles. The second kappa shape index (κ2) is 6.20. The molecule has 0 spiro atoms. The Balaban J connectivity index is 2.35. The van der Waals surface area contributed by atoms with Gasteiger partial charge in [-0.1, -0.05) is 6.07 Å². The van der Waals surface area contributed by atoms with Crippen LogP contribution in [0.3, 0.4) is 0 Å². The maximum Gasteiger partial charge on any atom is 0.256 e. The molecular formula is C15H15BrN2O3S. The van der Waals surface area contributed by atoms with Crippen molar-refractivity contribution in [3.63, 3.8) is 0 Å². The third kappa shape index (κ3) is 3.73. The van der Waals surface area contributed by atoms with Gasteiger partial charge in [-0.25, -0.2) is 13.6 Å². The van der Waals surface area contributed by atoms with Gasteiger partial charge in [0.1, 0.15) is 0 Å². The summed E-state index contributed by atoms with van der Waals surface area (Å²) in [6.07, 6.45) is 0. The number of hydrogen-bond acceptors (Lipinski definition) is 3. The zero-order valence-corrected chi connectivity index (χ0v) is 14.5. The Hall–Kier alpha value is -1.70. The number of amides is 1. The zero-order valence-electron chi connectivity index (χ0n) is 12.1. The number of carbonyl (C=O) groups is 1. The minimum absolute atomic E-state index is 0.110. The number of benzene rings is 2. The van der Waals surface area contributed by atoms with Gasteiger partial charge in [0.25, 0.3) is 5.91 Å². The van der Waals surface area contributed by atoms with Gasteiger partial charge in [0, 0.05) is 10.2 Å². The van der Waals surface area contributed by atoms with Crippen LogP contribution in [0.15, 0.2) is 45.8 Å². The average Bonchev–Trinajstić information content (AvgIpc) is 2.42. The lowest BCUT2D eigenvalue weighted by molar-refractivity contribution is 0.102. The van der Waals surface area contributed by atoms with E-state index in [0.29, 0.717) is 10.2 Å². The van der Waals surface area contributed by atoms with Crippen LogP contribution in [0.2, 0.25) is 0 Å². The van der Waals surface area contributed by atoms with Crippen LogP contribution in [-0.2, 0) is 10.0 Å². The minimum Gasteiger partial charge on any atom is -0.322 e. The van der Waals surface area contributed by atoms with Gasteiger partial charge in [-0.2, -0.15) is 0 Å². The van der Waals surface area contributed by atoms with Gasteiger partial charge in [0.2, 0.25) is 10.0 Å². The lowest BCUT2D eigenvalue weighted by Gasteiger charge is -2.10. The molecule has 3 N–H and O–H groups in total. The maximum absolute atomic E-state index is 12.3. The van der Waals surface area contributed by atoms with E-state index in [9.17, 15) is 13.2 Å². The number of carbonyl (C=O) groups excluding carboxylic acids is 1. The number of primary sulfonamides is 1. The lowest BCUT2D eigenvalue weighted by atomic mass is 10.1. The number of rotatable bonds is 3. The molecule has 0 unspecified atom stereocenters.